The summed E-state index contributed by atoms with van der Waals surface area (Å²) in [6, 6.07) is 24.3. The Labute approximate surface area is 224 Å². The van der Waals surface area contributed by atoms with Gasteiger partial charge in [0.05, 0.1) is 17.3 Å². The number of benzene rings is 3. The number of aromatic amines is 1. The highest BCUT2D eigenvalue weighted by molar-refractivity contribution is 6.01. The minimum atomic E-state index is -0.0477. The highest BCUT2D eigenvalue weighted by atomic mass is 16.5. The first-order chi connectivity index (χ1) is 18.7. The van der Waals surface area contributed by atoms with Crippen LogP contribution < -0.4 is 10.1 Å². The maximum Gasteiger partial charge on any atom is 0.251 e. The summed E-state index contributed by atoms with van der Waals surface area (Å²) in [6.45, 7) is 5.63. The molecule has 6 heteroatoms. The third-order valence-corrected chi connectivity index (χ3v) is 7.87. The fraction of sp³-hybridized carbons (Fsp3) is 0.375. The van der Waals surface area contributed by atoms with Crippen LogP contribution in [0.2, 0.25) is 0 Å². The lowest BCUT2D eigenvalue weighted by Crippen LogP contribution is -2.38. The summed E-state index contributed by atoms with van der Waals surface area (Å²) < 4.78 is 6.28. The monoisotopic (exact) mass is 508 g/mol. The number of amides is 1. The van der Waals surface area contributed by atoms with Gasteiger partial charge in [0.15, 0.2) is 0 Å². The van der Waals surface area contributed by atoms with Crippen molar-refractivity contribution in [2.24, 2.45) is 5.92 Å². The molecule has 38 heavy (non-hydrogen) atoms. The molecule has 0 bridgehead atoms. The van der Waals surface area contributed by atoms with Crippen molar-refractivity contribution in [2.45, 2.75) is 51.2 Å². The maximum absolute atomic E-state index is 13.3. The number of likely N-dealkylation sites (tertiary alicyclic amines) is 1. The number of hydrogen-bond donors (Lipinski definition) is 2. The van der Waals surface area contributed by atoms with E-state index in [1.165, 1.54) is 18.5 Å². The molecule has 1 aliphatic heterocycles. The molecule has 4 aromatic rings. The van der Waals surface area contributed by atoms with E-state index in [0.717, 1.165) is 66.7 Å². The van der Waals surface area contributed by atoms with Crippen molar-refractivity contribution in [3.63, 3.8) is 0 Å². The molecule has 6 rings (SSSR count). The fourth-order valence-electron chi connectivity index (χ4n) is 5.61. The standard InChI is InChI=1S/C32H36N4O2/c1-2-18-36-19-16-27(17-20-36)38-26-13-10-24(11-14-26)31-28-21-25(12-15-29(28)34-35-31)32(37)33-30(23-8-9-23)22-6-4-3-5-7-22/h3-7,10-15,21,23,27,30H,2,8-9,16-20H2,1H3,(H,33,37)(H,34,35). The first-order valence-corrected chi connectivity index (χ1v) is 14.0. The molecule has 0 spiro atoms. The van der Waals surface area contributed by atoms with Crippen LogP contribution >= 0.6 is 0 Å². The van der Waals surface area contributed by atoms with Gasteiger partial charge in [-0.3, -0.25) is 9.89 Å². The minimum absolute atomic E-state index is 0.0477. The van der Waals surface area contributed by atoms with E-state index in [4.69, 9.17) is 4.74 Å². The van der Waals surface area contributed by atoms with E-state index in [0.29, 0.717) is 11.5 Å². The van der Waals surface area contributed by atoms with Gasteiger partial charge in [-0.15, -0.1) is 0 Å². The van der Waals surface area contributed by atoms with Gasteiger partial charge in [0.2, 0.25) is 0 Å². The first-order valence-electron chi connectivity index (χ1n) is 14.0. The number of piperidine rings is 1. The Bertz CT molecular complexity index is 1370. The minimum Gasteiger partial charge on any atom is -0.490 e. The summed E-state index contributed by atoms with van der Waals surface area (Å²) >= 11 is 0. The molecular weight excluding hydrogens is 472 g/mol. The van der Waals surface area contributed by atoms with Crippen molar-refractivity contribution >= 4 is 16.8 Å². The zero-order chi connectivity index (χ0) is 25.9. The summed E-state index contributed by atoms with van der Waals surface area (Å²) in [4.78, 5) is 15.8. The summed E-state index contributed by atoms with van der Waals surface area (Å²) in [5, 5.41) is 11.9. The second kappa shape index (κ2) is 11.0. The number of H-pyrrole nitrogens is 1. The molecule has 6 nitrogen and oxygen atoms in total. The molecule has 1 saturated heterocycles. The summed E-state index contributed by atoms with van der Waals surface area (Å²) in [5.41, 5.74) is 4.57. The second-order valence-corrected chi connectivity index (χ2v) is 10.7. The molecular formula is C32H36N4O2. The number of fused-ring (bicyclic) bond motifs is 1. The predicted molar refractivity (Wildman–Crippen MR) is 151 cm³/mol. The maximum atomic E-state index is 13.3. The van der Waals surface area contributed by atoms with Crippen molar-refractivity contribution in [3.05, 3.63) is 83.9 Å². The predicted octanol–water partition coefficient (Wildman–Crippen LogP) is 6.36. The van der Waals surface area contributed by atoms with Crippen LogP contribution in [0.3, 0.4) is 0 Å². The molecule has 1 unspecified atom stereocenters. The lowest BCUT2D eigenvalue weighted by Gasteiger charge is -2.31. The van der Waals surface area contributed by atoms with Crippen LogP contribution in [0.15, 0.2) is 72.8 Å². The molecule has 1 aliphatic carbocycles. The Hall–Kier alpha value is -3.64. The van der Waals surface area contributed by atoms with Gasteiger partial charge in [-0.1, -0.05) is 37.3 Å². The van der Waals surface area contributed by atoms with Gasteiger partial charge in [-0.2, -0.15) is 5.10 Å². The van der Waals surface area contributed by atoms with Crippen molar-refractivity contribution < 1.29 is 9.53 Å². The van der Waals surface area contributed by atoms with Crippen LogP contribution in [0, 0.1) is 5.92 Å². The number of ether oxygens (including phenoxy) is 1. The smallest absolute Gasteiger partial charge is 0.251 e. The molecule has 2 heterocycles. The number of rotatable bonds is 9. The van der Waals surface area contributed by atoms with Gasteiger partial charge >= 0.3 is 0 Å². The SMILES string of the molecule is CCCN1CCC(Oc2ccc(-c3n[nH]c4ccc(C(=O)NC(c5ccccc5)C5CC5)cc34)cc2)CC1. The van der Waals surface area contributed by atoms with E-state index < -0.39 is 0 Å². The Kier molecular flexibility index (Phi) is 7.14. The highest BCUT2D eigenvalue weighted by Crippen LogP contribution is 2.41. The van der Waals surface area contributed by atoms with Crippen LogP contribution in [0.1, 0.15) is 61.0 Å². The number of nitrogens with zero attached hydrogens (tertiary/aromatic N) is 2. The third-order valence-electron chi connectivity index (χ3n) is 7.87. The van der Waals surface area contributed by atoms with Crippen molar-refractivity contribution in [1.29, 1.82) is 0 Å². The van der Waals surface area contributed by atoms with E-state index >= 15 is 0 Å². The molecule has 196 valence electrons. The van der Waals surface area contributed by atoms with Gasteiger partial charge in [0, 0.05) is 29.6 Å². The van der Waals surface area contributed by atoms with Crippen LogP contribution in [-0.4, -0.2) is 46.7 Å². The number of hydrogen-bond acceptors (Lipinski definition) is 4. The third kappa shape index (κ3) is 5.46. The molecule has 2 fully saturated rings. The molecule has 2 N–H and O–H groups in total. The Balaban J connectivity index is 1.16. The van der Waals surface area contributed by atoms with Crippen LogP contribution in [0.25, 0.3) is 22.2 Å². The average Bonchev–Trinajstić information content (AvgIpc) is 3.72. The first kappa shape index (κ1) is 24.7. The van der Waals surface area contributed by atoms with Gasteiger partial charge in [0.25, 0.3) is 5.91 Å². The van der Waals surface area contributed by atoms with Gasteiger partial charge in [-0.05, 0) is 92.6 Å². The van der Waals surface area contributed by atoms with Gasteiger partial charge in [-0.25, -0.2) is 0 Å². The zero-order valence-corrected chi connectivity index (χ0v) is 22.0. The second-order valence-electron chi connectivity index (χ2n) is 10.7. The van der Waals surface area contributed by atoms with Gasteiger partial charge < -0.3 is 15.0 Å². The van der Waals surface area contributed by atoms with E-state index in [9.17, 15) is 4.79 Å². The van der Waals surface area contributed by atoms with E-state index in [-0.39, 0.29) is 18.1 Å². The van der Waals surface area contributed by atoms with Crippen LogP contribution in [-0.2, 0) is 0 Å². The molecule has 1 aromatic heterocycles. The van der Waals surface area contributed by atoms with Crippen molar-refractivity contribution in [1.82, 2.24) is 20.4 Å². The summed E-state index contributed by atoms with van der Waals surface area (Å²) in [6.07, 6.45) is 5.93. The van der Waals surface area contributed by atoms with Crippen molar-refractivity contribution in [2.75, 3.05) is 19.6 Å². The zero-order valence-electron chi connectivity index (χ0n) is 22.0. The molecule has 3 aromatic carbocycles. The number of aromatic nitrogens is 2. The van der Waals surface area contributed by atoms with Crippen LogP contribution in [0.5, 0.6) is 5.75 Å². The summed E-state index contributed by atoms with van der Waals surface area (Å²) in [5.74, 6) is 1.36. The Morgan fingerprint density at radius 2 is 1.79 bits per heavy atom. The Morgan fingerprint density at radius 3 is 2.50 bits per heavy atom. The largest absolute Gasteiger partial charge is 0.490 e. The number of carbonyl (C=O) groups excluding carboxylic acids is 1. The lowest BCUT2D eigenvalue weighted by atomic mass is 10.0. The quantitative estimate of drug-likeness (QED) is 0.276. The number of carbonyl (C=O) groups is 1. The fourth-order valence-corrected chi connectivity index (χ4v) is 5.61. The van der Waals surface area contributed by atoms with E-state index in [1.807, 2.05) is 48.5 Å². The van der Waals surface area contributed by atoms with Gasteiger partial charge in [0.1, 0.15) is 11.9 Å². The summed E-state index contributed by atoms with van der Waals surface area (Å²) in [7, 11) is 0. The average molecular weight is 509 g/mol. The molecule has 0 radical (unpaired) electrons. The number of nitrogens with one attached hydrogen (secondary N) is 2. The van der Waals surface area contributed by atoms with Crippen LogP contribution in [0.4, 0.5) is 0 Å². The molecule has 1 saturated carbocycles. The topological polar surface area (TPSA) is 70.2 Å². The lowest BCUT2D eigenvalue weighted by molar-refractivity contribution is 0.0931. The molecule has 2 aliphatic rings. The van der Waals surface area contributed by atoms with Crippen molar-refractivity contribution in [3.8, 4) is 17.0 Å². The Morgan fingerprint density at radius 1 is 1.03 bits per heavy atom. The highest BCUT2D eigenvalue weighted by Gasteiger charge is 2.33. The van der Waals surface area contributed by atoms with E-state index in [2.05, 4.69) is 51.6 Å². The molecule has 1 amide bonds. The van der Waals surface area contributed by atoms with E-state index in [1.54, 1.807) is 0 Å². The normalized spacial score (nSPS) is 17.4. The molecule has 1 atom stereocenters.